The monoisotopic (exact) mass is 261 g/mol. The Balaban J connectivity index is 2.35. The molecule has 0 spiro atoms. The molecule has 19 heavy (non-hydrogen) atoms. The van der Waals surface area contributed by atoms with E-state index >= 15 is 0 Å². The predicted molar refractivity (Wildman–Crippen MR) is 69.9 cm³/mol. The van der Waals surface area contributed by atoms with Crippen molar-refractivity contribution in [3.8, 4) is 0 Å². The highest BCUT2D eigenvalue weighted by Gasteiger charge is 2.11. The summed E-state index contributed by atoms with van der Waals surface area (Å²) < 4.78 is 1.91. The number of carbonyl (C=O) groups excluding carboxylic acids is 1. The van der Waals surface area contributed by atoms with E-state index in [9.17, 15) is 9.59 Å². The lowest BCUT2D eigenvalue weighted by Gasteiger charge is -2.06. The van der Waals surface area contributed by atoms with E-state index in [4.69, 9.17) is 10.8 Å². The molecule has 1 aromatic carbocycles. The van der Waals surface area contributed by atoms with Crippen molar-refractivity contribution in [1.29, 1.82) is 0 Å². The zero-order valence-electron chi connectivity index (χ0n) is 10.6. The van der Waals surface area contributed by atoms with Crippen LogP contribution >= 0.6 is 0 Å². The number of aromatic carboxylic acids is 1. The second-order valence-corrected chi connectivity index (χ2v) is 4.39. The number of primary amides is 1. The van der Waals surface area contributed by atoms with Crippen molar-refractivity contribution < 1.29 is 14.7 Å². The molecule has 0 aliphatic heterocycles. The predicted octanol–water partition coefficient (Wildman–Crippen LogP) is 1.31. The first-order valence-electron chi connectivity index (χ1n) is 5.97. The molecule has 0 aliphatic carbocycles. The number of carboxylic acids is 1. The number of aryl methyl sites for hydroxylation is 2. The second-order valence-electron chi connectivity index (χ2n) is 4.39. The Bertz CT molecular complexity index is 646. The molecule has 0 fully saturated rings. The first-order chi connectivity index (χ1) is 8.99. The van der Waals surface area contributed by atoms with Gasteiger partial charge in [0.2, 0.25) is 5.91 Å². The maximum absolute atomic E-state index is 11.0. The number of imidazole rings is 1. The average Bonchev–Trinajstić information content (AvgIpc) is 2.64. The van der Waals surface area contributed by atoms with Crippen LogP contribution in [0.4, 0.5) is 0 Å². The number of hydrogen-bond donors (Lipinski definition) is 2. The maximum atomic E-state index is 11.0. The Kier molecular flexibility index (Phi) is 3.50. The molecule has 0 aliphatic rings. The molecule has 0 unspecified atom stereocenters. The third-order valence-electron chi connectivity index (χ3n) is 2.99. The molecule has 100 valence electrons. The Hall–Kier alpha value is -2.37. The Labute approximate surface area is 109 Å². The molecule has 1 aromatic heterocycles. The van der Waals surface area contributed by atoms with E-state index in [1.54, 1.807) is 12.1 Å². The van der Waals surface area contributed by atoms with Crippen LogP contribution in [0.15, 0.2) is 18.2 Å². The summed E-state index contributed by atoms with van der Waals surface area (Å²) in [4.78, 5) is 26.1. The number of carboxylic acid groups (broad SMARTS) is 1. The van der Waals surface area contributed by atoms with Gasteiger partial charge in [-0.15, -0.1) is 0 Å². The number of nitrogens with two attached hydrogens (primary N) is 1. The summed E-state index contributed by atoms with van der Waals surface area (Å²) in [7, 11) is 0. The van der Waals surface area contributed by atoms with Crippen LogP contribution in [0.1, 0.15) is 29.0 Å². The number of fused-ring (bicyclic) bond motifs is 1. The van der Waals surface area contributed by atoms with Crippen molar-refractivity contribution in [3.63, 3.8) is 0 Å². The highest BCUT2D eigenvalue weighted by molar-refractivity contribution is 5.92. The summed E-state index contributed by atoms with van der Waals surface area (Å²) in [6.45, 7) is 2.44. The molecule has 6 heteroatoms. The first kappa shape index (κ1) is 13.1. The van der Waals surface area contributed by atoms with Crippen molar-refractivity contribution in [2.45, 2.75) is 26.3 Å². The summed E-state index contributed by atoms with van der Waals surface area (Å²) in [5.41, 5.74) is 6.85. The van der Waals surface area contributed by atoms with Gasteiger partial charge in [-0.05, 0) is 31.5 Å². The van der Waals surface area contributed by atoms with Crippen molar-refractivity contribution in [3.05, 3.63) is 29.6 Å². The number of carbonyl (C=O) groups is 2. The quantitative estimate of drug-likeness (QED) is 0.847. The molecule has 2 aromatic rings. The topological polar surface area (TPSA) is 98.2 Å². The fraction of sp³-hybridized carbons (Fsp3) is 0.308. The van der Waals surface area contributed by atoms with Crippen LogP contribution in [-0.4, -0.2) is 26.5 Å². The van der Waals surface area contributed by atoms with E-state index in [1.807, 2.05) is 11.5 Å². The van der Waals surface area contributed by atoms with E-state index in [0.717, 1.165) is 16.9 Å². The van der Waals surface area contributed by atoms with E-state index in [2.05, 4.69) is 4.98 Å². The summed E-state index contributed by atoms with van der Waals surface area (Å²) >= 11 is 0. The number of hydrogen-bond acceptors (Lipinski definition) is 3. The van der Waals surface area contributed by atoms with Crippen molar-refractivity contribution >= 4 is 22.9 Å². The van der Waals surface area contributed by atoms with Crippen LogP contribution < -0.4 is 5.73 Å². The molecular weight excluding hydrogens is 246 g/mol. The van der Waals surface area contributed by atoms with Gasteiger partial charge in [-0.2, -0.15) is 0 Å². The number of aromatic nitrogens is 2. The summed E-state index contributed by atoms with van der Waals surface area (Å²) in [6.07, 6.45) is 0.913. The number of nitrogens with zero attached hydrogens (tertiary/aromatic N) is 2. The summed E-state index contributed by atoms with van der Waals surface area (Å²) in [5.74, 6) is -0.514. The fourth-order valence-corrected chi connectivity index (χ4v) is 2.07. The molecule has 1 heterocycles. The molecule has 2 rings (SSSR count). The second kappa shape index (κ2) is 5.09. The zero-order chi connectivity index (χ0) is 14.0. The zero-order valence-corrected chi connectivity index (χ0v) is 10.6. The Morgan fingerprint density at radius 1 is 1.42 bits per heavy atom. The third-order valence-corrected chi connectivity index (χ3v) is 2.99. The minimum atomic E-state index is -0.968. The van der Waals surface area contributed by atoms with Crippen LogP contribution in [0.5, 0.6) is 0 Å². The van der Waals surface area contributed by atoms with Gasteiger partial charge in [-0.25, -0.2) is 9.78 Å². The Morgan fingerprint density at radius 2 is 2.16 bits per heavy atom. The number of amides is 1. The van der Waals surface area contributed by atoms with Gasteiger partial charge < -0.3 is 15.4 Å². The molecular formula is C13H15N3O3. The lowest BCUT2D eigenvalue weighted by molar-refractivity contribution is -0.118. The largest absolute Gasteiger partial charge is 0.478 e. The molecule has 0 atom stereocenters. The van der Waals surface area contributed by atoms with Gasteiger partial charge in [-0.1, -0.05) is 0 Å². The minimum absolute atomic E-state index is 0.226. The van der Waals surface area contributed by atoms with Gasteiger partial charge in [0.15, 0.2) is 0 Å². The third kappa shape index (κ3) is 2.73. The fourth-order valence-electron chi connectivity index (χ4n) is 2.07. The van der Waals surface area contributed by atoms with Crippen LogP contribution in [-0.2, 0) is 11.3 Å². The van der Waals surface area contributed by atoms with Crippen LogP contribution in [0.2, 0.25) is 0 Å². The molecule has 0 saturated heterocycles. The maximum Gasteiger partial charge on any atom is 0.335 e. The molecule has 0 radical (unpaired) electrons. The SMILES string of the molecule is Cc1nc2ccc(C(=O)O)cc2n1CCCC(N)=O. The molecule has 0 saturated carbocycles. The van der Waals surface area contributed by atoms with Crippen molar-refractivity contribution in [1.82, 2.24) is 9.55 Å². The average molecular weight is 261 g/mol. The highest BCUT2D eigenvalue weighted by atomic mass is 16.4. The lowest BCUT2D eigenvalue weighted by atomic mass is 10.2. The van der Waals surface area contributed by atoms with E-state index in [0.29, 0.717) is 19.4 Å². The summed E-state index contributed by atoms with van der Waals surface area (Å²) in [6, 6.07) is 4.82. The smallest absolute Gasteiger partial charge is 0.335 e. The molecule has 0 bridgehead atoms. The summed E-state index contributed by atoms with van der Waals surface area (Å²) in [5, 5.41) is 9.00. The van der Waals surface area contributed by atoms with Crippen LogP contribution in [0.25, 0.3) is 11.0 Å². The molecule has 1 amide bonds. The minimum Gasteiger partial charge on any atom is -0.478 e. The van der Waals surface area contributed by atoms with E-state index in [-0.39, 0.29) is 11.5 Å². The van der Waals surface area contributed by atoms with Gasteiger partial charge in [0.1, 0.15) is 5.82 Å². The highest BCUT2D eigenvalue weighted by Crippen LogP contribution is 2.18. The van der Waals surface area contributed by atoms with E-state index < -0.39 is 5.97 Å². The molecule has 6 nitrogen and oxygen atoms in total. The van der Waals surface area contributed by atoms with Gasteiger partial charge in [-0.3, -0.25) is 4.79 Å². The first-order valence-corrected chi connectivity index (χ1v) is 5.97. The standard InChI is InChI=1S/C13H15N3O3/c1-8-15-10-5-4-9(13(18)19)7-11(10)16(8)6-2-3-12(14)17/h4-5,7H,2-3,6H2,1H3,(H2,14,17)(H,18,19). The van der Waals surface area contributed by atoms with Crippen molar-refractivity contribution in [2.75, 3.05) is 0 Å². The number of rotatable bonds is 5. The normalized spacial score (nSPS) is 10.8. The van der Waals surface area contributed by atoms with Gasteiger partial charge in [0, 0.05) is 13.0 Å². The number of benzene rings is 1. The molecule has 3 N–H and O–H groups in total. The van der Waals surface area contributed by atoms with Gasteiger partial charge >= 0.3 is 5.97 Å². The van der Waals surface area contributed by atoms with Gasteiger partial charge in [0.05, 0.1) is 16.6 Å². The lowest BCUT2D eigenvalue weighted by Crippen LogP contribution is -2.12. The van der Waals surface area contributed by atoms with Crippen LogP contribution in [0.3, 0.4) is 0 Å². The Morgan fingerprint density at radius 3 is 2.79 bits per heavy atom. The van der Waals surface area contributed by atoms with Crippen molar-refractivity contribution in [2.24, 2.45) is 5.73 Å². The van der Waals surface area contributed by atoms with Crippen LogP contribution in [0, 0.1) is 6.92 Å². The van der Waals surface area contributed by atoms with Gasteiger partial charge in [0.25, 0.3) is 0 Å². The van der Waals surface area contributed by atoms with E-state index in [1.165, 1.54) is 6.07 Å².